The van der Waals surface area contributed by atoms with Gasteiger partial charge in [-0.15, -0.1) is 11.7 Å². The first kappa shape index (κ1) is 16.9. The Morgan fingerprint density at radius 2 is 2.00 bits per heavy atom. The molecule has 130 valence electrons. The minimum atomic E-state index is -0.428. The second kappa shape index (κ2) is 6.97. The highest BCUT2D eigenvalue weighted by Crippen LogP contribution is 2.31. The van der Waals surface area contributed by atoms with Crippen LogP contribution < -0.4 is 15.9 Å². The number of rotatable bonds is 3. The number of hydrazone groups is 1. The fourth-order valence-electron chi connectivity index (χ4n) is 2.88. The Labute approximate surface area is 159 Å². The van der Waals surface area contributed by atoms with Crippen LogP contribution in [-0.4, -0.2) is 21.8 Å². The molecule has 0 fully saturated rings. The van der Waals surface area contributed by atoms with Crippen molar-refractivity contribution in [3.8, 4) is 0 Å². The molecular weight excluding hydrogens is 368 g/mol. The largest absolute Gasteiger partial charge is 0.298 e. The Kier molecular flexibility index (Phi) is 4.53. The van der Waals surface area contributed by atoms with Gasteiger partial charge in [0.15, 0.2) is 11.3 Å². The number of para-hydroxylation sites is 1. The summed E-state index contributed by atoms with van der Waals surface area (Å²) >= 11 is 7.44. The highest BCUT2D eigenvalue weighted by atomic mass is 35.5. The molecule has 26 heavy (non-hydrogen) atoms. The predicted molar refractivity (Wildman–Crippen MR) is 105 cm³/mol. The Morgan fingerprint density at radius 1 is 1.23 bits per heavy atom. The van der Waals surface area contributed by atoms with Crippen LogP contribution in [0.25, 0.3) is 5.70 Å². The monoisotopic (exact) mass is 382 g/mol. The molecule has 7 heteroatoms. The summed E-state index contributed by atoms with van der Waals surface area (Å²) in [7, 11) is 0. The van der Waals surface area contributed by atoms with E-state index in [0.717, 1.165) is 16.1 Å². The van der Waals surface area contributed by atoms with Crippen molar-refractivity contribution in [2.75, 3.05) is 5.75 Å². The topological polar surface area (TPSA) is 57.1 Å². The van der Waals surface area contributed by atoms with Gasteiger partial charge in [-0.05, 0) is 23.8 Å². The average molecular weight is 383 g/mol. The number of fused-ring (bicyclic) bond motifs is 2. The quantitative estimate of drug-likeness (QED) is 0.829. The second-order valence-electron chi connectivity index (χ2n) is 5.72. The predicted octanol–water partition coefficient (Wildman–Crippen LogP) is 2.40. The minimum absolute atomic E-state index is 0.187. The van der Waals surface area contributed by atoms with E-state index in [2.05, 4.69) is 17.0 Å². The summed E-state index contributed by atoms with van der Waals surface area (Å²) in [5.41, 5.74) is 1.41. The molecule has 1 N–H and O–H groups in total. The number of hydrogen-bond acceptors (Lipinski definition) is 5. The first-order chi connectivity index (χ1) is 12.7. The molecule has 2 aromatic carbocycles. The Hall–Kier alpha value is -2.57. The summed E-state index contributed by atoms with van der Waals surface area (Å²) in [6, 6.07) is 15.0. The molecule has 0 spiro atoms. The van der Waals surface area contributed by atoms with Gasteiger partial charge in [-0.1, -0.05) is 59.8 Å². The summed E-state index contributed by atoms with van der Waals surface area (Å²) in [5.74, 6) is 0.467. The fraction of sp³-hybridized carbons (Fsp3) is 0.105. The van der Waals surface area contributed by atoms with Crippen LogP contribution in [0, 0.1) is 0 Å². The van der Waals surface area contributed by atoms with Crippen LogP contribution in [0.4, 0.5) is 0 Å². The molecule has 2 aromatic rings. The first-order valence-corrected chi connectivity index (χ1v) is 9.39. The van der Waals surface area contributed by atoms with Crippen LogP contribution in [-0.2, 0) is 4.79 Å². The SMILES string of the molecule is C=CCSC1=NN2C(=c3ccccc3=N[C@H]2c2ccc(Cl)cc2)C(=O)N1. The molecular formula is C19H15ClN4OS. The number of amidine groups is 1. The highest BCUT2D eigenvalue weighted by Gasteiger charge is 2.34. The van der Waals surface area contributed by atoms with E-state index in [9.17, 15) is 4.79 Å². The minimum Gasteiger partial charge on any atom is -0.298 e. The molecule has 0 saturated carbocycles. The van der Waals surface area contributed by atoms with E-state index < -0.39 is 6.17 Å². The third-order valence-electron chi connectivity index (χ3n) is 4.02. The van der Waals surface area contributed by atoms with Crippen LogP contribution in [0.1, 0.15) is 11.7 Å². The summed E-state index contributed by atoms with van der Waals surface area (Å²) in [4.78, 5) is 17.6. The zero-order valence-electron chi connectivity index (χ0n) is 13.7. The number of nitrogens with one attached hydrogen (secondary N) is 1. The molecule has 0 radical (unpaired) electrons. The van der Waals surface area contributed by atoms with Crippen molar-refractivity contribution in [1.82, 2.24) is 10.3 Å². The summed E-state index contributed by atoms with van der Waals surface area (Å²) in [6.07, 6.45) is 1.34. The van der Waals surface area contributed by atoms with Gasteiger partial charge in [-0.3, -0.25) is 15.1 Å². The number of thioether (sulfide) groups is 1. The number of carbonyl (C=O) groups is 1. The van der Waals surface area contributed by atoms with Crippen molar-refractivity contribution in [3.05, 3.63) is 82.3 Å². The molecule has 0 bridgehead atoms. The lowest BCUT2D eigenvalue weighted by Gasteiger charge is -2.34. The van der Waals surface area contributed by atoms with E-state index in [1.807, 2.05) is 48.5 Å². The van der Waals surface area contributed by atoms with Crippen LogP contribution >= 0.6 is 23.4 Å². The molecule has 5 nitrogen and oxygen atoms in total. The molecule has 0 aliphatic carbocycles. The van der Waals surface area contributed by atoms with Crippen LogP contribution in [0.2, 0.25) is 5.02 Å². The van der Waals surface area contributed by atoms with Crippen molar-refractivity contribution in [2.45, 2.75) is 6.17 Å². The van der Waals surface area contributed by atoms with Gasteiger partial charge in [0, 0.05) is 16.0 Å². The molecule has 1 amide bonds. The average Bonchev–Trinajstić information content (AvgIpc) is 2.66. The van der Waals surface area contributed by atoms with Crippen LogP contribution in [0.15, 0.2) is 71.3 Å². The lowest BCUT2D eigenvalue weighted by Crippen LogP contribution is -2.50. The van der Waals surface area contributed by atoms with Crippen molar-refractivity contribution >= 4 is 40.1 Å². The number of benzene rings is 2. The van der Waals surface area contributed by atoms with Gasteiger partial charge in [-0.2, -0.15) is 0 Å². The van der Waals surface area contributed by atoms with Crippen molar-refractivity contribution in [2.24, 2.45) is 10.1 Å². The number of amides is 1. The lowest BCUT2D eigenvalue weighted by molar-refractivity contribution is -0.116. The molecule has 1 atom stereocenters. The van der Waals surface area contributed by atoms with E-state index in [-0.39, 0.29) is 5.91 Å². The van der Waals surface area contributed by atoms with Crippen LogP contribution in [0.3, 0.4) is 0 Å². The van der Waals surface area contributed by atoms with E-state index in [1.165, 1.54) is 11.8 Å². The highest BCUT2D eigenvalue weighted by molar-refractivity contribution is 8.14. The molecule has 0 unspecified atom stereocenters. The van der Waals surface area contributed by atoms with Crippen molar-refractivity contribution in [3.63, 3.8) is 0 Å². The number of carbonyl (C=O) groups excluding carboxylic acids is 1. The second-order valence-corrected chi connectivity index (χ2v) is 7.17. The molecule has 0 aromatic heterocycles. The van der Waals surface area contributed by atoms with Crippen molar-refractivity contribution in [1.29, 1.82) is 0 Å². The summed E-state index contributed by atoms with van der Waals surface area (Å²) < 4.78 is 0. The van der Waals surface area contributed by atoms with Gasteiger partial charge < -0.3 is 0 Å². The van der Waals surface area contributed by atoms with Gasteiger partial charge >= 0.3 is 0 Å². The third-order valence-corrected chi connectivity index (χ3v) is 5.13. The van der Waals surface area contributed by atoms with Gasteiger partial charge in [0.1, 0.15) is 5.70 Å². The number of halogens is 1. The smallest absolute Gasteiger partial charge is 0.276 e. The number of nitrogens with zero attached hydrogens (tertiary/aromatic N) is 3. The van der Waals surface area contributed by atoms with E-state index in [1.54, 1.807) is 11.1 Å². The lowest BCUT2D eigenvalue weighted by atomic mass is 10.1. The fourth-order valence-corrected chi connectivity index (χ4v) is 3.59. The third kappa shape index (κ3) is 3.02. The van der Waals surface area contributed by atoms with Crippen molar-refractivity contribution < 1.29 is 4.79 Å². The zero-order valence-corrected chi connectivity index (χ0v) is 15.3. The Morgan fingerprint density at radius 3 is 2.77 bits per heavy atom. The number of hydrogen-bond donors (Lipinski definition) is 1. The maximum Gasteiger partial charge on any atom is 0.276 e. The van der Waals surface area contributed by atoms with E-state index in [4.69, 9.17) is 16.6 Å². The van der Waals surface area contributed by atoms with E-state index in [0.29, 0.717) is 21.6 Å². The first-order valence-electron chi connectivity index (χ1n) is 8.03. The standard InChI is InChI=1S/C19H15ClN4OS/c1-2-11-26-19-22-18(25)16-14-5-3-4-6-15(14)21-17(24(16)23-19)12-7-9-13(20)10-8-12/h2-10,17H,1,11H2,(H,22,23,25)/t17-/m1/s1. The molecule has 4 rings (SSSR count). The maximum absolute atomic E-state index is 12.8. The van der Waals surface area contributed by atoms with Crippen LogP contribution in [0.5, 0.6) is 0 Å². The van der Waals surface area contributed by atoms with E-state index >= 15 is 0 Å². The maximum atomic E-state index is 12.8. The molecule has 2 heterocycles. The molecule has 2 aliphatic rings. The van der Waals surface area contributed by atoms with Gasteiger partial charge in [0.2, 0.25) is 0 Å². The Balaban J connectivity index is 1.90. The van der Waals surface area contributed by atoms with Gasteiger partial charge in [0.25, 0.3) is 5.91 Å². The van der Waals surface area contributed by atoms with Gasteiger partial charge in [-0.25, -0.2) is 5.01 Å². The van der Waals surface area contributed by atoms with Gasteiger partial charge in [0.05, 0.1) is 5.36 Å². The normalized spacial score (nSPS) is 18.3. The summed E-state index contributed by atoms with van der Waals surface area (Å²) in [6.45, 7) is 3.71. The Bertz CT molecular complexity index is 1030. The molecule has 0 saturated heterocycles. The zero-order chi connectivity index (χ0) is 18.1. The summed E-state index contributed by atoms with van der Waals surface area (Å²) in [5, 5.41) is 11.9. The molecule has 2 aliphatic heterocycles.